The van der Waals surface area contributed by atoms with Crippen LogP contribution >= 0.6 is 0 Å². The van der Waals surface area contributed by atoms with Crippen molar-refractivity contribution in [2.45, 2.75) is 71.6 Å². The van der Waals surface area contributed by atoms with Gasteiger partial charge in [-0.1, -0.05) is 26.7 Å². The Labute approximate surface area is 119 Å². The van der Waals surface area contributed by atoms with Crippen LogP contribution in [0.1, 0.15) is 71.6 Å². The molecule has 0 aliphatic heterocycles. The van der Waals surface area contributed by atoms with Gasteiger partial charge >= 0.3 is 0 Å². The van der Waals surface area contributed by atoms with E-state index < -0.39 is 0 Å². The molecule has 1 saturated carbocycles. The first-order valence-corrected chi connectivity index (χ1v) is 8.21. The van der Waals surface area contributed by atoms with Crippen molar-refractivity contribution in [1.29, 1.82) is 0 Å². The first kappa shape index (κ1) is 16.5. The van der Waals surface area contributed by atoms with Gasteiger partial charge in [-0.25, -0.2) is 0 Å². The molecule has 1 fully saturated rings. The molecule has 3 heteroatoms. The number of hydrazine groups is 1. The quantitative estimate of drug-likeness (QED) is 0.381. The molecule has 0 saturated heterocycles. The number of hydrogen-bond donors (Lipinski definition) is 2. The first-order chi connectivity index (χ1) is 9.31. The molecular formula is C16H33N3. The summed E-state index contributed by atoms with van der Waals surface area (Å²) in [6, 6.07) is 0. The second kappa shape index (κ2) is 10.3. The molecule has 0 atom stereocenters. The number of nitrogens with two attached hydrogens (primary N) is 1. The van der Waals surface area contributed by atoms with Gasteiger partial charge < -0.3 is 10.3 Å². The zero-order valence-electron chi connectivity index (χ0n) is 13.0. The van der Waals surface area contributed by atoms with E-state index in [-0.39, 0.29) is 0 Å². The van der Waals surface area contributed by atoms with Gasteiger partial charge in [-0.15, -0.1) is 0 Å². The Hall–Kier alpha value is -0.540. The molecule has 0 spiro atoms. The first-order valence-electron chi connectivity index (χ1n) is 8.21. The maximum absolute atomic E-state index is 5.69. The normalized spacial score (nSPS) is 15.9. The van der Waals surface area contributed by atoms with Gasteiger partial charge in [0.2, 0.25) is 0 Å². The van der Waals surface area contributed by atoms with Gasteiger partial charge in [0.25, 0.3) is 0 Å². The fourth-order valence-electron chi connectivity index (χ4n) is 2.99. The SMILES string of the molecule is CCN(CC)CCCCCC(NN)=C1CCCCC1. The summed E-state index contributed by atoms with van der Waals surface area (Å²) in [7, 11) is 0. The standard InChI is InChI=1S/C16H33N3/c1-3-19(4-2)14-10-6-9-13-16(18-17)15-11-7-5-8-12-15/h18H,3-14,17H2,1-2H3. The van der Waals surface area contributed by atoms with E-state index in [1.54, 1.807) is 5.57 Å². The number of rotatable bonds is 9. The van der Waals surface area contributed by atoms with Gasteiger partial charge in [-0.2, -0.15) is 0 Å². The topological polar surface area (TPSA) is 41.3 Å². The summed E-state index contributed by atoms with van der Waals surface area (Å²) in [4.78, 5) is 2.50. The van der Waals surface area contributed by atoms with Gasteiger partial charge in [0.05, 0.1) is 0 Å². The van der Waals surface area contributed by atoms with Crippen LogP contribution in [0.2, 0.25) is 0 Å². The van der Waals surface area contributed by atoms with Gasteiger partial charge in [0.15, 0.2) is 0 Å². The van der Waals surface area contributed by atoms with E-state index in [1.807, 2.05) is 0 Å². The number of hydrogen-bond acceptors (Lipinski definition) is 3. The summed E-state index contributed by atoms with van der Waals surface area (Å²) in [5, 5.41) is 0. The maximum Gasteiger partial charge on any atom is 0.0251 e. The lowest BCUT2D eigenvalue weighted by molar-refractivity contribution is 0.295. The third kappa shape index (κ3) is 6.44. The van der Waals surface area contributed by atoms with Gasteiger partial charge in [-0.05, 0) is 70.2 Å². The van der Waals surface area contributed by atoms with Gasteiger partial charge in [0, 0.05) is 5.70 Å². The van der Waals surface area contributed by atoms with E-state index in [4.69, 9.17) is 5.84 Å². The monoisotopic (exact) mass is 267 g/mol. The van der Waals surface area contributed by atoms with E-state index in [2.05, 4.69) is 24.2 Å². The van der Waals surface area contributed by atoms with Crippen LogP contribution in [-0.4, -0.2) is 24.5 Å². The summed E-state index contributed by atoms with van der Waals surface area (Å²) >= 11 is 0. The molecule has 0 amide bonds. The van der Waals surface area contributed by atoms with Gasteiger partial charge in [-0.3, -0.25) is 5.84 Å². The smallest absolute Gasteiger partial charge is 0.0251 e. The molecule has 0 heterocycles. The Morgan fingerprint density at radius 3 is 2.32 bits per heavy atom. The molecular weight excluding hydrogens is 234 g/mol. The van der Waals surface area contributed by atoms with Crippen molar-refractivity contribution < 1.29 is 0 Å². The van der Waals surface area contributed by atoms with E-state index in [9.17, 15) is 0 Å². The Kier molecular flexibility index (Phi) is 8.93. The minimum absolute atomic E-state index is 1.14. The van der Waals surface area contributed by atoms with Crippen molar-refractivity contribution in [3.8, 4) is 0 Å². The molecule has 112 valence electrons. The van der Waals surface area contributed by atoms with E-state index >= 15 is 0 Å². The highest BCUT2D eigenvalue weighted by Gasteiger charge is 2.10. The van der Waals surface area contributed by atoms with Crippen LogP contribution in [0.15, 0.2) is 11.3 Å². The molecule has 1 aliphatic carbocycles. The summed E-state index contributed by atoms with van der Waals surface area (Å²) in [5.41, 5.74) is 5.89. The van der Waals surface area contributed by atoms with Crippen molar-refractivity contribution in [1.82, 2.24) is 10.3 Å². The van der Waals surface area contributed by atoms with E-state index in [0.717, 1.165) is 6.42 Å². The summed E-state index contributed by atoms with van der Waals surface area (Å²) in [5.74, 6) is 5.69. The minimum atomic E-state index is 1.14. The van der Waals surface area contributed by atoms with Crippen LogP contribution in [0.5, 0.6) is 0 Å². The van der Waals surface area contributed by atoms with E-state index in [0.29, 0.717) is 0 Å². The van der Waals surface area contributed by atoms with Crippen LogP contribution in [0, 0.1) is 0 Å². The van der Waals surface area contributed by atoms with Crippen LogP contribution in [0.25, 0.3) is 0 Å². The molecule has 0 aromatic rings. The van der Waals surface area contributed by atoms with Crippen LogP contribution in [0.4, 0.5) is 0 Å². The summed E-state index contributed by atoms with van der Waals surface area (Å²) < 4.78 is 0. The number of nitrogens with one attached hydrogen (secondary N) is 1. The predicted octanol–water partition coefficient (Wildman–Crippen LogP) is 3.57. The fourth-order valence-corrected chi connectivity index (χ4v) is 2.99. The van der Waals surface area contributed by atoms with Crippen molar-refractivity contribution in [3.63, 3.8) is 0 Å². The summed E-state index contributed by atoms with van der Waals surface area (Å²) in [6.45, 7) is 8.09. The molecule has 0 aromatic heterocycles. The Morgan fingerprint density at radius 2 is 1.74 bits per heavy atom. The molecule has 1 aliphatic rings. The zero-order valence-corrected chi connectivity index (χ0v) is 13.0. The van der Waals surface area contributed by atoms with Crippen molar-refractivity contribution in [3.05, 3.63) is 11.3 Å². The van der Waals surface area contributed by atoms with Crippen molar-refractivity contribution >= 4 is 0 Å². The largest absolute Gasteiger partial charge is 0.328 e. The number of unbranched alkanes of at least 4 members (excludes halogenated alkanes) is 2. The molecule has 0 radical (unpaired) electrons. The molecule has 19 heavy (non-hydrogen) atoms. The molecule has 0 bridgehead atoms. The third-order valence-corrected chi connectivity index (χ3v) is 4.35. The van der Waals surface area contributed by atoms with Crippen molar-refractivity contribution in [2.75, 3.05) is 19.6 Å². The van der Waals surface area contributed by atoms with Crippen LogP contribution < -0.4 is 11.3 Å². The highest BCUT2D eigenvalue weighted by molar-refractivity contribution is 5.13. The zero-order chi connectivity index (χ0) is 13.9. The fraction of sp³-hybridized carbons (Fsp3) is 0.875. The molecule has 0 unspecified atom stereocenters. The highest BCUT2D eigenvalue weighted by Crippen LogP contribution is 2.26. The van der Waals surface area contributed by atoms with Crippen LogP contribution in [0.3, 0.4) is 0 Å². The second-order valence-electron chi connectivity index (χ2n) is 5.62. The Morgan fingerprint density at radius 1 is 1.05 bits per heavy atom. The molecule has 0 aromatic carbocycles. The average Bonchev–Trinajstić information content (AvgIpc) is 2.48. The molecule has 1 rings (SSSR count). The number of nitrogens with zero attached hydrogens (tertiary/aromatic N) is 1. The Balaban J connectivity index is 2.19. The minimum Gasteiger partial charge on any atom is -0.328 e. The lowest BCUT2D eigenvalue weighted by atomic mass is 9.92. The predicted molar refractivity (Wildman–Crippen MR) is 83.7 cm³/mol. The lowest BCUT2D eigenvalue weighted by Gasteiger charge is -2.20. The van der Waals surface area contributed by atoms with Crippen LogP contribution in [-0.2, 0) is 0 Å². The third-order valence-electron chi connectivity index (χ3n) is 4.35. The highest BCUT2D eigenvalue weighted by atomic mass is 15.2. The molecule has 3 nitrogen and oxygen atoms in total. The average molecular weight is 267 g/mol. The van der Waals surface area contributed by atoms with Gasteiger partial charge in [0.1, 0.15) is 0 Å². The maximum atomic E-state index is 5.69. The van der Waals surface area contributed by atoms with E-state index in [1.165, 1.54) is 76.7 Å². The summed E-state index contributed by atoms with van der Waals surface area (Å²) in [6.07, 6.45) is 11.7. The lowest BCUT2D eigenvalue weighted by Crippen LogP contribution is -2.24. The second-order valence-corrected chi connectivity index (χ2v) is 5.62. The Bertz CT molecular complexity index is 249. The van der Waals surface area contributed by atoms with Crippen molar-refractivity contribution in [2.24, 2.45) is 5.84 Å². The number of allylic oxidation sites excluding steroid dienone is 2. The molecule has 3 N–H and O–H groups in total.